The van der Waals surface area contributed by atoms with E-state index >= 15 is 0 Å². The van der Waals surface area contributed by atoms with Crippen LogP contribution in [0.2, 0.25) is 0 Å². The number of ether oxygens (including phenoxy) is 1. The number of anilines is 1. The molecular weight excluding hydrogens is 390 g/mol. The van der Waals surface area contributed by atoms with Crippen molar-refractivity contribution in [3.63, 3.8) is 0 Å². The molecule has 8 heteroatoms. The van der Waals surface area contributed by atoms with Crippen LogP contribution < -0.4 is 5.32 Å². The molecule has 0 bridgehead atoms. The zero-order chi connectivity index (χ0) is 21.2. The molecule has 0 saturated heterocycles. The van der Waals surface area contributed by atoms with Crippen molar-refractivity contribution >= 4 is 28.2 Å². The van der Waals surface area contributed by atoms with Crippen LogP contribution in [-0.4, -0.2) is 22.1 Å². The van der Waals surface area contributed by atoms with E-state index in [1.165, 1.54) is 11.3 Å². The van der Waals surface area contributed by atoms with Crippen molar-refractivity contribution in [2.75, 3.05) is 5.32 Å². The lowest BCUT2D eigenvalue weighted by Gasteiger charge is -2.17. The normalized spacial score (nSPS) is 11.3. The molecule has 3 rings (SSSR count). The molecule has 1 N–H and O–H groups in total. The predicted molar refractivity (Wildman–Crippen MR) is 111 cm³/mol. The third-order valence-electron chi connectivity index (χ3n) is 4.31. The zero-order valence-electron chi connectivity index (χ0n) is 17.0. The molecule has 7 nitrogen and oxygen atoms in total. The lowest BCUT2D eigenvalue weighted by molar-refractivity contribution is -0.123. The molecule has 0 spiro atoms. The fourth-order valence-corrected chi connectivity index (χ4v) is 3.50. The number of amides is 1. The van der Waals surface area contributed by atoms with E-state index < -0.39 is 11.4 Å². The molecule has 2 heterocycles. The first-order chi connectivity index (χ1) is 13.7. The van der Waals surface area contributed by atoms with Crippen LogP contribution in [0.1, 0.15) is 47.5 Å². The monoisotopic (exact) mass is 413 g/mol. The van der Waals surface area contributed by atoms with Crippen LogP contribution in [0, 0.1) is 19.3 Å². The number of aromatic nitrogens is 2. The number of hydrogen-bond donors (Lipinski definition) is 1. The lowest BCUT2D eigenvalue weighted by atomic mass is 9.96. The Morgan fingerprint density at radius 1 is 1.14 bits per heavy atom. The average Bonchev–Trinajstić information content (AvgIpc) is 3.25. The molecular formula is C21H23N3O4S. The minimum Gasteiger partial charge on any atom is -0.452 e. The van der Waals surface area contributed by atoms with Gasteiger partial charge in [-0.3, -0.25) is 4.79 Å². The molecule has 0 aliphatic carbocycles. The number of benzene rings is 1. The number of nitrogens with one attached hydrogen (secondary N) is 1. The van der Waals surface area contributed by atoms with Gasteiger partial charge >= 0.3 is 5.97 Å². The van der Waals surface area contributed by atoms with Gasteiger partial charge in [-0.1, -0.05) is 39.0 Å². The van der Waals surface area contributed by atoms with Crippen molar-refractivity contribution in [2.45, 2.75) is 41.2 Å². The number of hydrogen-bond acceptors (Lipinski definition) is 7. The summed E-state index contributed by atoms with van der Waals surface area (Å²) in [6.45, 7) is 9.01. The fourth-order valence-electron chi connectivity index (χ4n) is 2.46. The van der Waals surface area contributed by atoms with Gasteiger partial charge in [0.25, 0.3) is 5.89 Å². The summed E-state index contributed by atoms with van der Waals surface area (Å²) >= 11 is 1.35. The van der Waals surface area contributed by atoms with Crippen molar-refractivity contribution in [2.24, 2.45) is 5.41 Å². The largest absolute Gasteiger partial charge is 0.452 e. The second kappa shape index (κ2) is 8.16. The Kier molecular flexibility index (Phi) is 5.83. The first kappa shape index (κ1) is 20.7. The Morgan fingerprint density at radius 3 is 2.48 bits per heavy atom. The molecule has 0 radical (unpaired) electrons. The van der Waals surface area contributed by atoms with Gasteiger partial charge in [0.1, 0.15) is 5.00 Å². The highest BCUT2D eigenvalue weighted by Crippen LogP contribution is 2.34. The van der Waals surface area contributed by atoms with Crippen LogP contribution in [0.3, 0.4) is 0 Å². The number of aryl methyl sites for hydroxylation is 1. The van der Waals surface area contributed by atoms with Crippen LogP contribution in [0.25, 0.3) is 11.5 Å². The van der Waals surface area contributed by atoms with E-state index in [2.05, 4.69) is 15.5 Å². The van der Waals surface area contributed by atoms with Gasteiger partial charge in [-0.15, -0.1) is 21.5 Å². The van der Waals surface area contributed by atoms with E-state index in [0.717, 1.165) is 16.0 Å². The summed E-state index contributed by atoms with van der Waals surface area (Å²) in [5.74, 6) is -0.160. The number of nitrogens with zero attached hydrogens (tertiary/aromatic N) is 2. The lowest BCUT2D eigenvalue weighted by Crippen LogP contribution is -2.28. The molecule has 0 aliphatic rings. The third-order valence-corrected chi connectivity index (χ3v) is 5.43. The Balaban J connectivity index is 1.73. The first-order valence-electron chi connectivity index (χ1n) is 9.13. The summed E-state index contributed by atoms with van der Waals surface area (Å²) in [5, 5.41) is 11.2. The Morgan fingerprint density at radius 2 is 1.83 bits per heavy atom. The minimum absolute atomic E-state index is 0.153. The molecule has 1 aromatic carbocycles. The van der Waals surface area contributed by atoms with E-state index in [1.807, 2.05) is 65.0 Å². The van der Waals surface area contributed by atoms with Gasteiger partial charge in [-0.05, 0) is 31.5 Å². The number of thiophene rings is 1. The van der Waals surface area contributed by atoms with Crippen LogP contribution in [-0.2, 0) is 16.1 Å². The predicted octanol–water partition coefficient (Wildman–Crippen LogP) is 4.76. The standard InChI is InChI=1S/C21H23N3O4S/c1-12-13(2)29-18(22-20(26)21(3,4)5)16(12)19(25)27-11-15-23-24-17(28-15)14-9-7-6-8-10-14/h6-10H,11H2,1-5H3,(H,22,26). The summed E-state index contributed by atoms with van der Waals surface area (Å²) in [6.07, 6.45) is 0. The summed E-state index contributed by atoms with van der Waals surface area (Å²) in [5.41, 5.74) is 1.34. The topological polar surface area (TPSA) is 94.3 Å². The van der Waals surface area contributed by atoms with Crippen molar-refractivity contribution in [1.82, 2.24) is 10.2 Å². The molecule has 3 aromatic rings. The van der Waals surface area contributed by atoms with Crippen molar-refractivity contribution in [1.29, 1.82) is 0 Å². The molecule has 0 aliphatic heterocycles. The van der Waals surface area contributed by atoms with Crippen LogP contribution in [0.15, 0.2) is 34.7 Å². The molecule has 1 amide bonds. The number of esters is 1. The van der Waals surface area contributed by atoms with E-state index in [4.69, 9.17) is 9.15 Å². The molecule has 0 atom stereocenters. The molecule has 0 unspecified atom stereocenters. The van der Waals surface area contributed by atoms with E-state index in [0.29, 0.717) is 16.5 Å². The van der Waals surface area contributed by atoms with Gasteiger partial charge in [0.15, 0.2) is 6.61 Å². The van der Waals surface area contributed by atoms with Gasteiger partial charge in [-0.25, -0.2) is 4.79 Å². The first-order valence-corrected chi connectivity index (χ1v) is 9.95. The molecule has 2 aromatic heterocycles. The molecule has 152 valence electrons. The maximum absolute atomic E-state index is 12.7. The van der Waals surface area contributed by atoms with Crippen LogP contribution in [0.4, 0.5) is 5.00 Å². The van der Waals surface area contributed by atoms with E-state index in [-0.39, 0.29) is 18.4 Å². The average molecular weight is 413 g/mol. The smallest absolute Gasteiger partial charge is 0.341 e. The summed E-state index contributed by atoms with van der Waals surface area (Å²) in [4.78, 5) is 26.0. The van der Waals surface area contributed by atoms with E-state index in [9.17, 15) is 9.59 Å². The molecule has 0 saturated carbocycles. The van der Waals surface area contributed by atoms with Crippen LogP contribution >= 0.6 is 11.3 Å². The molecule has 0 fully saturated rings. The zero-order valence-corrected chi connectivity index (χ0v) is 17.8. The summed E-state index contributed by atoms with van der Waals surface area (Å²) in [6, 6.07) is 9.34. The second-order valence-corrected chi connectivity index (χ2v) is 8.86. The van der Waals surface area contributed by atoms with Crippen molar-refractivity contribution < 1.29 is 18.7 Å². The number of carbonyl (C=O) groups is 2. The van der Waals surface area contributed by atoms with Gasteiger partial charge < -0.3 is 14.5 Å². The summed E-state index contributed by atoms with van der Waals surface area (Å²) < 4.78 is 10.9. The Labute approximate surface area is 173 Å². The minimum atomic E-state index is -0.579. The quantitative estimate of drug-likeness (QED) is 0.606. The van der Waals surface area contributed by atoms with Gasteiger partial charge in [-0.2, -0.15) is 0 Å². The Bertz CT molecular complexity index is 1030. The van der Waals surface area contributed by atoms with Crippen molar-refractivity contribution in [3.8, 4) is 11.5 Å². The van der Waals surface area contributed by atoms with Crippen LogP contribution in [0.5, 0.6) is 0 Å². The highest BCUT2D eigenvalue weighted by molar-refractivity contribution is 7.16. The van der Waals surface area contributed by atoms with Gasteiger partial charge in [0.2, 0.25) is 11.8 Å². The van der Waals surface area contributed by atoms with Crippen molar-refractivity contribution in [3.05, 3.63) is 52.2 Å². The van der Waals surface area contributed by atoms with Gasteiger partial charge in [0.05, 0.1) is 5.56 Å². The SMILES string of the molecule is Cc1sc(NC(=O)C(C)(C)C)c(C(=O)OCc2nnc(-c3ccccc3)o2)c1C. The maximum atomic E-state index is 12.7. The maximum Gasteiger partial charge on any atom is 0.341 e. The highest BCUT2D eigenvalue weighted by Gasteiger charge is 2.27. The molecule has 29 heavy (non-hydrogen) atoms. The number of carbonyl (C=O) groups excluding carboxylic acids is 2. The highest BCUT2D eigenvalue weighted by atomic mass is 32.1. The van der Waals surface area contributed by atoms with E-state index in [1.54, 1.807) is 0 Å². The Hall–Kier alpha value is -3.00. The number of rotatable bonds is 5. The third kappa shape index (κ3) is 4.71. The summed E-state index contributed by atoms with van der Waals surface area (Å²) in [7, 11) is 0. The van der Waals surface area contributed by atoms with Gasteiger partial charge in [0, 0.05) is 15.9 Å². The second-order valence-electron chi connectivity index (χ2n) is 7.63. The fraction of sp³-hybridized carbons (Fsp3) is 0.333.